The maximum absolute atomic E-state index is 13.5. The lowest BCUT2D eigenvalue weighted by atomic mass is 10.0. The number of nitrogens with zero attached hydrogens (tertiary/aromatic N) is 2. The molecule has 3 atom stereocenters. The van der Waals surface area contributed by atoms with Gasteiger partial charge in [-0.05, 0) is 61.6 Å². The highest BCUT2D eigenvalue weighted by atomic mass is 32.2. The van der Waals surface area contributed by atoms with Gasteiger partial charge in [-0.1, -0.05) is 6.92 Å². The average molecular weight is 605 g/mol. The first kappa shape index (κ1) is 31.5. The summed E-state index contributed by atoms with van der Waals surface area (Å²) in [4.78, 5) is 4.03. The maximum Gasteiger partial charge on any atom is 0.203 e. The molecule has 11 nitrogen and oxygen atoms in total. The van der Waals surface area contributed by atoms with Gasteiger partial charge in [0.1, 0.15) is 11.5 Å². The molecule has 4 rings (SSSR count). The van der Waals surface area contributed by atoms with Crippen LogP contribution in [0.4, 0.5) is 0 Å². The van der Waals surface area contributed by atoms with Crippen molar-refractivity contribution in [3.63, 3.8) is 0 Å². The molecule has 1 aliphatic rings. The van der Waals surface area contributed by atoms with Crippen LogP contribution >= 0.6 is 0 Å². The summed E-state index contributed by atoms with van der Waals surface area (Å²) in [6.07, 6.45) is 5.42. The number of ether oxygens (including phenoxy) is 6. The number of rotatable bonds is 15. The predicted molar refractivity (Wildman–Crippen MR) is 156 cm³/mol. The standard InChI is InChI=1S/C30H40N2O9S/c1-6-12-40-30-27(39-13-11-32-10-9-31-19-32)16-22(17-28(30)42(34,35)18-20(2)33)24-8-7-23(41-24)21-14-25(36-3)29(38-5)26(15-21)37-4/h9-10,14-17,19-20,23-24,33H,6-8,11-13,18H2,1-5H3/t20?,23-,24-/m0/s1. The summed E-state index contributed by atoms with van der Waals surface area (Å²) < 4.78 is 64.0. The highest BCUT2D eigenvalue weighted by molar-refractivity contribution is 7.91. The summed E-state index contributed by atoms with van der Waals surface area (Å²) in [7, 11) is 0.744. The molecule has 1 fully saturated rings. The zero-order valence-corrected chi connectivity index (χ0v) is 25.6. The highest BCUT2D eigenvalue weighted by Crippen LogP contribution is 2.48. The number of hydrogen-bond donors (Lipinski definition) is 1. The van der Waals surface area contributed by atoms with E-state index in [4.69, 9.17) is 28.4 Å². The number of aliphatic hydroxyl groups excluding tert-OH is 1. The molecule has 230 valence electrons. The van der Waals surface area contributed by atoms with Crippen LogP contribution in [0.5, 0.6) is 28.7 Å². The number of aromatic nitrogens is 2. The monoisotopic (exact) mass is 604 g/mol. The first-order chi connectivity index (χ1) is 20.2. The molecule has 0 bridgehead atoms. The molecule has 12 heteroatoms. The third-order valence-electron chi connectivity index (χ3n) is 6.91. The summed E-state index contributed by atoms with van der Waals surface area (Å²) >= 11 is 0. The molecule has 1 aliphatic heterocycles. The molecule has 42 heavy (non-hydrogen) atoms. The van der Waals surface area contributed by atoms with Crippen molar-refractivity contribution in [3.05, 3.63) is 54.1 Å². The van der Waals surface area contributed by atoms with Gasteiger partial charge in [0.2, 0.25) is 5.75 Å². The third-order valence-corrected chi connectivity index (χ3v) is 8.80. The molecule has 1 N–H and O–H groups in total. The van der Waals surface area contributed by atoms with E-state index in [-0.39, 0.29) is 23.4 Å². The van der Waals surface area contributed by atoms with Crippen molar-refractivity contribution in [1.82, 2.24) is 9.55 Å². The normalized spacial score (nSPS) is 17.6. The Balaban J connectivity index is 1.70. The van der Waals surface area contributed by atoms with Gasteiger partial charge in [0.15, 0.2) is 32.8 Å². The zero-order valence-electron chi connectivity index (χ0n) is 24.7. The van der Waals surface area contributed by atoms with Crippen LogP contribution < -0.4 is 23.7 Å². The third kappa shape index (κ3) is 7.29. The summed E-state index contributed by atoms with van der Waals surface area (Å²) in [6, 6.07) is 7.11. The van der Waals surface area contributed by atoms with E-state index in [1.54, 1.807) is 46.0 Å². The zero-order chi connectivity index (χ0) is 30.3. The molecule has 1 unspecified atom stereocenters. The van der Waals surface area contributed by atoms with Crippen LogP contribution in [0.25, 0.3) is 0 Å². The van der Waals surface area contributed by atoms with Gasteiger partial charge in [-0.3, -0.25) is 0 Å². The average Bonchev–Trinajstić information content (AvgIpc) is 3.67. The van der Waals surface area contributed by atoms with Crippen LogP contribution in [-0.2, 0) is 21.1 Å². The molecule has 2 heterocycles. The van der Waals surface area contributed by atoms with Gasteiger partial charge in [0.25, 0.3) is 0 Å². The fourth-order valence-electron chi connectivity index (χ4n) is 4.97. The molecule has 0 aliphatic carbocycles. The Morgan fingerprint density at radius 2 is 1.60 bits per heavy atom. The van der Waals surface area contributed by atoms with E-state index in [1.807, 2.05) is 29.8 Å². The van der Waals surface area contributed by atoms with Crippen molar-refractivity contribution >= 4 is 9.84 Å². The van der Waals surface area contributed by atoms with Crippen molar-refractivity contribution in [3.8, 4) is 28.7 Å². The Morgan fingerprint density at radius 1 is 0.952 bits per heavy atom. The Kier molecular flexibility index (Phi) is 10.6. The Labute approximate surface area is 247 Å². The SMILES string of the molecule is CCCOc1c(OCCn2ccnc2)cc([C@@H]2CC[C@@H](c3cc(OC)c(OC)c(OC)c3)O2)cc1S(=O)(=O)CC(C)O. The quantitative estimate of drug-likeness (QED) is 0.264. The summed E-state index contributed by atoms with van der Waals surface area (Å²) in [5.74, 6) is 1.54. The van der Waals surface area contributed by atoms with Crippen LogP contribution in [0.2, 0.25) is 0 Å². The lowest BCUT2D eigenvalue weighted by Gasteiger charge is -2.21. The van der Waals surface area contributed by atoms with E-state index in [2.05, 4.69) is 4.98 Å². The van der Waals surface area contributed by atoms with Gasteiger partial charge in [-0.2, -0.15) is 0 Å². The van der Waals surface area contributed by atoms with Crippen LogP contribution in [-0.4, -0.2) is 69.5 Å². The Hall–Kier alpha value is -3.48. The Morgan fingerprint density at radius 3 is 2.14 bits per heavy atom. The highest BCUT2D eigenvalue weighted by Gasteiger charge is 2.33. The van der Waals surface area contributed by atoms with Gasteiger partial charge >= 0.3 is 0 Å². The molecule has 0 spiro atoms. The second kappa shape index (κ2) is 14.1. The van der Waals surface area contributed by atoms with E-state index in [0.29, 0.717) is 61.0 Å². The summed E-state index contributed by atoms with van der Waals surface area (Å²) in [6.45, 7) is 4.46. The largest absolute Gasteiger partial charge is 0.493 e. The van der Waals surface area contributed by atoms with Crippen molar-refractivity contribution in [2.45, 2.75) is 62.9 Å². The van der Waals surface area contributed by atoms with Crippen LogP contribution in [0, 0.1) is 0 Å². The number of aliphatic hydroxyl groups is 1. The first-order valence-corrected chi connectivity index (χ1v) is 15.6. The van der Waals surface area contributed by atoms with E-state index >= 15 is 0 Å². The molecule has 0 saturated carbocycles. The van der Waals surface area contributed by atoms with Crippen molar-refractivity contribution in [2.24, 2.45) is 0 Å². The van der Waals surface area contributed by atoms with Crippen LogP contribution in [0.1, 0.15) is 56.4 Å². The molecule has 1 saturated heterocycles. The van der Waals surface area contributed by atoms with Crippen molar-refractivity contribution in [1.29, 1.82) is 0 Å². The van der Waals surface area contributed by atoms with Crippen molar-refractivity contribution < 1.29 is 41.9 Å². The second-order valence-corrected chi connectivity index (χ2v) is 12.1. The Bertz CT molecular complexity index is 1400. The smallest absolute Gasteiger partial charge is 0.203 e. The number of sulfone groups is 1. The van der Waals surface area contributed by atoms with Gasteiger partial charge in [-0.15, -0.1) is 0 Å². The van der Waals surface area contributed by atoms with E-state index in [9.17, 15) is 13.5 Å². The topological polar surface area (TPSA) is 128 Å². The molecule has 3 aromatic rings. The molecule has 0 amide bonds. The minimum absolute atomic E-state index is 0.0215. The van der Waals surface area contributed by atoms with Crippen LogP contribution in [0.3, 0.4) is 0 Å². The fraction of sp³-hybridized carbons (Fsp3) is 0.500. The molecule has 0 radical (unpaired) electrons. The molecular formula is C30H40N2O9S. The molecule has 1 aromatic heterocycles. The number of benzene rings is 2. The minimum Gasteiger partial charge on any atom is -0.493 e. The summed E-state index contributed by atoms with van der Waals surface area (Å²) in [5.41, 5.74) is 1.50. The maximum atomic E-state index is 13.5. The van der Waals surface area contributed by atoms with Gasteiger partial charge in [-0.25, -0.2) is 13.4 Å². The number of imidazole rings is 1. The predicted octanol–water partition coefficient (Wildman–Crippen LogP) is 4.52. The van der Waals surface area contributed by atoms with E-state index in [1.165, 1.54) is 6.92 Å². The summed E-state index contributed by atoms with van der Waals surface area (Å²) in [5, 5.41) is 9.98. The minimum atomic E-state index is -3.93. The fourth-order valence-corrected chi connectivity index (χ4v) is 6.54. The lowest BCUT2D eigenvalue weighted by molar-refractivity contribution is 0.0434. The van der Waals surface area contributed by atoms with Gasteiger partial charge < -0.3 is 38.1 Å². The number of methoxy groups -OCH3 is 3. The van der Waals surface area contributed by atoms with Gasteiger partial charge in [0.05, 0.1) is 64.9 Å². The number of hydrogen-bond acceptors (Lipinski definition) is 10. The van der Waals surface area contributed by atoms with Crippen LogP contribution in [0.15, 0.2) is 47.9 Å². The molecule has 2 aromatic carbocycles. The first-order valence-electron chi connectivity index (χ1n) is 14.0. The van der Waals surface area contributed by atoms with E-state index < -0.39 is 27.8 Å². The van der Waals surface area contributed by atoms with E-state index in [0.717, 1.165) is 5.56 Å². The van der Waals surface area contributed by atoms with Crippen molar-refractivity contribution in [2.75, 3.05) is 40.3 Å². The second-order valence-electron chi connectivity index (χ2n) is 10.1. The van der Waals surface area contributed by atoms with Gasteiger partial charge in [0, 0.05) is 12.4 Å². The lowest BCUT2D eigenvalue weighted by Crippen LogP contribution is -2.20. The molecular weight excluding hydrogens is 564 g/mol.